The molecule has 1 N–H and O–H groups in total. The van der Waals surface area contributed by atoms with Gasteiger partial charge in [-0.05, 0) is 78.6 Å². The maximum Gasteiger partial charge on any atom is 0.335 e. The van der Waals surface area contributed by atoms with Gasteiger partial charge in [0.2, 0.25) is 0 Å². The van der Waals surface area contributed by atoms with E-state index in [1.165, 1.54) is 5.56 Å². The van der Waals surface area contributed by atoms with E-state index in [0.29, 0.717) is 6.61 Å². The lowest BCUT2D eigenvalue weighted by atomic mass is 9.98. The number of benzene rings is 3. The maximum absolute atomic E-state index is 10.9. The molecule has 3 nitrogen and oxygen atoms in total. The summed E-state index contributed by atoms with van der Waals surface area (Å²) in [5, 5.41) is 8.96. The van der Waals surface area contributed by atoms with Gasteiger partial charge in [-0.15, -0.1) is 0 Å². The molecule has 0 heterocycles. The molecule has 0 aliphatic carbocycles. The Bertz CT molecular complexity index is 1100. The number of rotatable bonds is 6. The van der Waals surface area contributed by atoms with Crippen LogP contribution in [0.1, 0.15) is 40.4 Å². The number of hydrogen-bond acceptors (Lipinski definition) is 2. The quantitative estimate of drug-likeness (QED) is 0.504. The molecule has 0 saturated carbocycles. The van der Waals surface area contributed by atoms with E-state index in [1.807, 2.05) is 24.3 Å². The minimum Gasteiger partial charge on any atom is -0.494 e. The Hall–Kier alpha value is -3.77. The predicted octanol–water partition coefficient (Wildman–Crippen LogP) is 6.21. The molecule has 0 radical (unpaired) electrons. The molecular weight excluding hydrogens is 372 g/mol. The fourth-order valence-corrected chi connectivity index (χ4v) is 2.93. The molecule has 30 heavy (non-hydrogen) atoms. The van der Waals surface area contributed by atoms with Crippen LogP contribution in [0.2, 0.25) is 0 Å². The van der Waals surface area contributed by atoms with E-state index in [1.54, 1.807) is 24.3 Å². The second-order valence-electron chi connectivity index (χ2n) is 6.95. The van der Waals surface area contributed by atoms with E-state index in [2.05, 4.69) is 56.0 Å². The molecule has 0 spiro atoms. The van der Waals surface area contributed by atoms with Crippen molar-refractivity contribution in [3.05, 3.63) is 95.1 Å². The standard InChI is InChI=1S/C27H24O3/c1-3-18-30-25-17-16-22(26(19-25)23-12-8-20(2)9-13-23)7-5-4-6-21-10-14-24(15-11-21)27(28)29/h5,7-17,19H,3,18H2,1-2H3,(H,28,29). The summed E-state index contributed by atoms with van der Waals surface area (Å²) in [4.78, 5) is 10.9. The van der Waals surface area contributed by atoms with Gasteiger partial charge in [-0.3, -0.25) is 0 Å². The van der Waals surface area contributed by atoms with Crippen LogP contribution in [0.3, 0.4) is 0 Å². The van der Waals surface area contributed by atoms with Gasteiger partial charge in [0.15, 0.2) is 0 Å². The topological polar surface area (TPSA) is 46.5 Å². The molecular formula is C27H24O3. The molecule has 0 atom stereocenters. The van der Waals surface area contributed by atoms with Crippen molar-refractivity contribution in [1.82, 2.24) is 0 Å². The summed E-state index contributed by atoms with van der Waals surface area (Å²) >= 11 is 0. The number of ether oxygens (including phenoxy) is 1. The van der Waals surface area contributed by atoms with Crippen LogP contribution in [0.4, 0.5) is 0 Å². The lowest BCUT2D eigenvalue weighted by Crippen LogP contribution is -1.95. The van der Waals surface area contributed by atoms with Gasteiger partial charge in [0.1, 0.15) is 5.75 Å². The molecule has 3 aromatic carbocycles. The number of carboxylic acid groups (broad SMARTS) is 1. The van der Waals surface area contributed by atoms with Crippen LogP contribution in [0.5, 0.6) is 5.75 Å². The largest absolute Gasteiger partial charge is 0.494 e. The van der Waals surface area contributed by atoms with Crippen LogP contribution in [-0.4, -0.2) is 17.7 Å². The number of hydrogen-bond donors (Lipinski definition) is 1. The lowest BCUT2D eigenvalue weighted by Gasteiger charge is -2.11. The predicted molar refractivity (Wildman–Crippen MR) is 122 cm³/mol. The van der Waals surface area contributed by atoms with E-state index in [-0.39, 0.29) is 5.56 Å². The van der Waals surface area contributed by atoms with Gasteiger partial charge >= 0.3 is 5.97 Å². The second kappa shape index (κ2) is 10.1. The fraction of sp³-hybridized carbons (Fsp3) is 0.148. The Morgan fingerprint density at radius 2 is 1.77 bits per heavy atom. The third kappa shape index (κ3) is 5.62. The van der Waals surface area contributed by atoms with Crippen molar-refractivity contribution < 1.29 is 14.6 Å². The number of carboxylic acids is 1. The molecule has 0 fully saturated rings. The van der Waals surface area contributed by atoms with Gasteiger partial charge in [-0.1, -0.05) is 54.7 Å². The van der Waals surface area contributed by atoms with Gasteiger partial charge in [0.25, 0.3) is 0 Å². The number of aromatic carboxylic acids is 1. The third-order valence-electron chi connectivity index (χ3n) is 4.55. The summed E-state index contributed by atoms with van der Waals surface area (Å²) in [6, 6.07) is 21.0. The van der Waals surface area contributed by atoms with Crippen LogP contribution in [0.25, 0.3) is 17.2 Å². The van der Waals surface area contributed by atoms with Crippen molar-refractivity contribution in [2.45, 2.75) is 20.3 Å². The molecule has 3 aromatic rings. The Balaban J connectivity index is 1.85. The van der Waals surface area contributed by atoms with Gasteiger partial charge in [-0.2, -0.15) is 0 Å². The highest BCUT2D eigenvalue weighted by molar-refractivity contribution is 5.87. The monoisotopic (exact) mass is 396 g/mol. The molecule has 0 aliphatic heterocycles. The average molecular weight is 396 g/mol. The second-order valence-corrected chi connectivity index (χ2v) is 6.95. The highest BCUT2D eigenvalue weighted by Crippen LogP contribution is 2.29. The first-order chi connectivity index (χ1) is 14.6. The Morgan fingerprint density at radius 3 is 2.43 bits per heavy atom. The molecule has 0 bridgehead atoms. The Morgan fingerprint density at radius 1 is 1.03 bits per heavy atom. The summed E-state index contributed by atoms with van der Waals surface area (Å²) in [5.74, 6) is 5.97. The molecule has 0 unspecified atom stereocenters. The SMILES string of the molecule is CCCOc1ccc(C=CC#Cc2ccc(C(=O)O)cc2)c(-c2ccc(C)cc2)c1. The normalized spacial score (nSPS) is 10.5. The maximum atomic E-state index is 10.9. The molecule has 0 amide bonds. The molecule has 0 aliphatic rings. The van der Waals surface area contributed by atoms with Crippen LogP contribution in [0.15, 0.2) is 72.8 Å². The lowest BCUT2D eigenvalue weighted by molar-refractivity contribution is 0.0697. The van der Waals surface area contributed by atoms with Crippen LogP contribution < -0.4 is 4.74 Å². The van der Waals surface area contributed by atoms with E-state index in [9.17, 15) is 4.79 Å². The van der Waals surface area contributed by atoms with Crippen molar-refractivity contribution in [3.8, 4) is 28.7 Å². The van der Waals surface area contributed by atoms with E-state index < -0.39 is 5.97 Å². The third-order valence-corrected chi connectivity index (χ3v) is 4.55. The highest BCUT2D eigenvalue weighted by atomic mass is 16.5. The number of carbonyl (C=O) groups is 1. The molecule has 150 valence electrons. The zero-order chi connectivity index (χ0) is 21.3. The van der Waals surface area contributed by atoms with Crippen molar-refractivity contribution in [1.29, 1.82) is 0 Å². The molecule has 0 aromatic heterocycles. The Kier molecular flexibility index (Phi) is 7.08. The molecule has 0 saturated heterocycles. The van der Waals surface area contributed by atoms with Crippen molar-refractivity contribution in [3.63, 3.8) is 0 Å². The van der Waals surface area contributed by atoms with Crippen molar-refractivity contribution in [2.24, 2.45) is 0 Å². The summed E-state index contributed by atoms with van der Waals surface area (Å²) in [6.07, 6.45) is 4.76. The van der Waals surface area contributed by atoms with Crippen molar-refractivity contribution in [2.75, 3.05) is 6.61 Å². The van der Waals surface area contributed by atoms with Crippen LogP contribution in [-0.2, 0) is 0 Å². The zero-order valence-electron chi connectivity index (χ0n) is 17.2. The average Bonchev–Trinajstić information content (AvgIpc) is 2.76. The van der Waals surface area contributed by atoms with Crippen LogP contribution >= 0.6 is 0 Å². The smallest absolute Gasteiger partial charge is 0.335 e. The summed E-state index contributed by atoms with van der Waals surface area (Å²) < 4.78 is 5.81. The van der Waals surface area contributed by atoms with Gasteiger partial charge in [0, 0.05) is 5.56 Å². The summed E-state index contributed by atoms with van der Waals surface area (Å²) in [5.41, 5.74) is 5.51. The molecule has 3 rings (SSSR count). The number of allylic oxidation sites excluding steroid dienone is 1. The van der Waals surface area contributed by atoms with E-state index in [0.717, 1.165) is 34.4 Å². The zero-order valence-corrected chi connectivity index (χ0v) is 17.2. The minimum absolute atomic E-state index is 0.254. The first-order valence-electron chi connectivity index (χ1n) is 9.92. The van der Waals surface area contributed by atoms with Gasteiger partial charge in [-0.25, -0.2) is 4.79 Å². The number of aryl methyl sites for hydroxylation is 1. The van der Waals surface area contributed by atoms with Crippen LogP contribution in [0, 0.1) is 18.8 Å². The van der Waals surface area contributed by atoms with Gasteiger partial charge < -0.3 is 9.84 Å². The Labute approximate surface area is 177 Å². The molecule has 3 heteroatoms. The van der Waals surface area contributed by atoms with E-state index in [4.69, 9.17) is 9.84 Å². The van der Waals surface area contributed by atoms with Crippen molar-refractivity contribution >= 4 is 12.0 Å². The minimum atomic E-state index is -0.940. The highest BCUT2D eigenvalue weighted by Gasteiger charge is 2.06. The fourth-order valence-electron chi connectivity index (χ4n) is 2.93. The first kappa shape index (κ1) is 21.0. The van der Waals surface area contributed by atoms with E-state index >= 15 is 0 Å². The first-order valence-corrected chi connectivity index (χ1v) is 9.92. The summed E-state index contributed by atoms with van der Waals surface area (Å²) in [6.45, 7) is 4.85. The van der Waals surface area contributed by atoms with Gasteiger partial charge in [0.05, 0.1) is 12.2 Å². The summed E-state index contributed by atoms with van der Waals surface area (Å²) in [7, 11) is 0.